The maximum Gasteiger partial charge on any atom is 0.230 e. The minimum Gasteiger partial charge on any atom is -0.424 e. The summed E-state index contributed by atoms with van der Waals surface area (Å²) in [6.07, 6.45) is 0.798. The van der Waals surface area contributed by atoms with Gasteiger partial charge in [-0.25, -0.2) is 4.98 Å². The van der Waals surface area contributed by atoms with E-state index in [0.29, 0.717) is 24.9 Å². The molecule has 0 amide bonds. The first-order chi connectivity index (χ1) is 11.0. The third kappa shape index (κ3) is 3.97. The number of rotatable bonds is 4. The number of nitrogens with zero attached hydrogens (tertiary/aromatic N) is 4. The molecule has 1 atom stereocenters. The molecule has 7 heteroatoms. The molecule has 0 radical (unpaired) electrons. The fourth-order valence-electron chi connectivity index (χ4n) is 2.46. The van der Waals surface area contributed by atoms with Crippen LogP contribution in [0.5, 0.6) is 0 Å². The van der Waals surface area contributed by atoms with Crippen LogP contribution in [0.4, 0.5) is 0 Å². The third-order valence-corrected chi connectivity index (χ3v) is 4.82. The predicted octanol–water partition coefficient (Wildman–Crippen LogP) is 2.96. The van der Waals surface area contributed by atoms with Gasteiger partial charge in [-0.3, -0.25) is 4.90 Å². The van der Waals surface area contributed by atoms with Crippen LogP contribution in [0.25, 0.3) is 0 Å². The van der Waals surface area contributed by atoms with E-state index in [-0.39, 0.29) is 11.5 Å². The van der Waals surface area contributed by atoms with Crippen LogP contribution in [0.1, 0.15) is 56.3 Å². The zero-order valence-electron chi connectivity index (χ0n) is 14.2. The molecule has 1 saturated heterocycles. The predicted molar refractivity (Wildman–Crippen MR) is 88.5 cm³/mol. The summed E-state index contributed by atoms with van der Waals surface area (Å²) in [7, 11) is 0. The van der Waals surface area contributed by atoms with Gasteiger partial charge < -0.3 is 9.15 Å². The van der Waals surface area contributed by atoms with Gasteiger partial charge in [0.05, 0.1) is 18.8 Å². The smallest absolute Gasteiger partial charge is 0.230 e. The highest BCUT2D eigenvalue weighted by Gasteiger charge is 2.27. The maximum atomic E-state index is 5.92. The monoisotopic (exact) mass is 336 g/mol. The van der Waals surface area contributed by atoms with Gasteiger partial charge in [-0.05, 0) is 0 Å². The van der Waals surface area contributed by atoms with E-state index in [2.05, 4.69) is 41.2 Å². The van der Waals surface area contributed by atoms with E-state index in [1.807, 2.05) is 6.92 Å². The number of morpholine rings is 1. The van der Waals surface area contributed by atoms with Crippen LogP contribution in [0.3, 0.4) is 0 Å². The molecule has 0 saturated carbocycles. The second-order valence-electron chi connectivity index (χ2n) is 6.86. The maximum absolute atomic E-state index is 5.92. The molecule has 6 nitrogen and oxygen atoms in total. The van der Waals surface area contributed by atoms with Crippen molar-refractivity contribution < 1.29 is 9.15 Å². The molecular formula is C16H24N4O2S. The average Bonchev–Trinajstić information content (AvgIpc) is 3.16. The average molecular weight is 336 g/mol. The lowest BCUT2D eigenvalue weighted by molar-refractivity contribution is -0.0354. The van der Waals surface area contributed by atoms with Gasteiger partial charge >= 0.3 is 0 Å². The molecule has 1 aliphatic heterocycles. The van der Waals surface area contributed by atoms with Gasteiger partial charge in [0.1, 0.15) is 11.1 Å². The van der Waals surface area contributed by atoms with Crippen molar-refractivity contribution >= 4 is 11.3 Å². The summed E-state index contributed by atoms with van der Waals surface area (Å²) in [5.74, 6) is 1.37. The minimum absolute atomic E-state index is 0.0263. The normalized spacial score (nSPS) is 20.1. The number of hydrogen-bond acceptors (Lipinski definition) is 7. The van der Waals surface area contributed by atoms with Crippen LogP contribution >= 0.6 is 11.3 Å². The first kappa shape index (κ1) is 16.5. The Labute approximate surface area is 140 Å². The first-order valence-electron chi connectivity index (χ1n) is 8.07. The van der Waals surface area contributed by atoms with Crippen molar-refractivity contribution in [1.29, 1.82) is 0 Å². The Hall–Kier alpha value is -1.31. The quantitative estimate of drug-likeness (QED) is 0.855. The van der Waals surface area contributed by atoms with Gasteiger partial charge in [0, 0.05) is 30.3 Å². The molecule has 2 aromatic rings. The molecule has 0 aliphatic carbocycles. The van der Waals surface area contributed by atoms with Crippen LogP contribution in [-0.4, -0.2) is 39.8 Å². The molecule has 126 valence electrons. The Kier molecular flexibility index (Phi) is 4.79. The molecular weight excluding hydrogens is 312 g/mol. The number of aryl methyl sites for hydroxylation is 1. The van der Waals surface area contributed by atoms with Crippen molar-refractivity contribution in [3.8, 4) is 0 Å². The Morgan fingerprint density at radius 2 is 2.09 bits per heavy atom. The summed E-state index contributed by atoms with van der Waals surface area (Å²) in [4.78, 5) is 7.07. The number of hydrogen-bond donors (Lipinski definition) is 0. The SMILES string of the molecule is CCc1nnc(CN2CCOC(c3nc(C(C)(C)C)cs3)C2)o1. The number of aromatic nitrogens is 3. The van der Waals surface area contributed by atoms with Gasteiger partial charge in [0.25, 0.3) is 0 Å². The van der Waals surface area contributed by atoms with Crippen molar-refractivity contribution in [3.05, 3.63) is 27.9 Å². The molecule has 1 aliphatic rings. The highest BCUT2D eigenvalue weighted by Crippen LogP contribution is 2.30. The van der Waals surface area contributed by atoms with E-state index in [4.69, 9.17) is 14.1 Å². The first-order valence-corrected chi connectivity index (χ1v) is 8.95. The van der Waals surface area contributed by atoms with Gasteiger partial charge in [-0.15, -0.1) is 21.5 Å². The fourth-order valence-corrected chi connectivity index (χ4v) is 3.55. The van der Waals surface area contributed by atoms with Crippen LogP contribution in [0.2, 0.25) is 0 Å². The second-order valence-corrected chi connectivity index (χ2v) is 7.75. The Balaban J connectivity index is 1.64. The van der Waals surface area contributed by atoms with E-state index in [1.165, 1.54) is 0 Å². The standard InChI is InChI=1S/C16H24N4O2S/c1-5-13-18-19-14(22-13)9-20-6-7-21-11(8-20)15-17-12(10-23-15)16(2,3)4/h10-11H,5-9H2,1-4H3. The summed E-state index contributed by atoms with van der Waals surface area (Å²) in [5, 5.41) is 11.3. The summed E-state index contributed by atoms with van der Waals surface area (Å²) in [6.45, 7) is 11.6. The highest BCUT2D eigenvalue weighted by molar-refractivity contribution is 7.09. The molecule has 0 spiro atoms. The minimum atomic E-state index is 0.0263. The molecule has 3 heterocycles. The van der Waals surface area contributed by atoms with Crippen molar-refractivity contribution in [1.82, 2.24) is 20.1 Å². The lowest BCUT2D eigenvalue weighted by Crippen LogP contribution is -2.37. The molecule has 0 bridgehead atoms. The lowest BCUT2D eigenvalue weighted by Gasteiger charge is -2.30. The molecule has 1 unspecified atom stereocenters. The summed E-state index contributed by atoms with van der Waals surface area (Å²) in [5.41, 5.74) is 1.20. The van der Waals surface area contributed by atoms with E-state index in [9.17, 15) is 0 Å². The van der Waals surface area contributed by atoms with Gasteiger partial charge in [0.2, 0.25) is 11.8 Å². The van der Waals surface area contributed by atoms with Gasteiger partial charge in [-0.1, -0.05) is 27.7 Å². The zero-order valence-corrected chi connectivity index (χ0v) is 15.0. The Morgan fingerprint density at radius 3 is 2.74 bits per heavy atom. The zero-order chi connectivity index (χ0) is 16.4. The fraction of sp³-hybridized carbons (Fsp3) is 0.688. The number of ether oxygens (including phenoxy) is 1. The molecule has 0 N–H and O–H groups in total. The van der Waals surface area contributed by atoms with Gasteiger partial charge in [0.15, 0.2) is 0 Å². The van der Waals surface area contributed by atoms with Crippen molar-refractivity contribution in [2.45, 2.75) is 52.2 Å². The topological polar surface area (TPSA) is 64.3 Å². The van der Waals surface area contributed by atoms with Crippen molar-refractivity contribution in [3.63, 3.8) is 0 Å². The number of thiazole rings is 1. The molecule has 0 aromatic carbocycles. The van der Waals surface area contributed by atoms with E-state index < -0.39 is 0 Å². The molecule has 1 fully saturated rings. The van der Waals surface area contributed by atoms with Crippen LogP contribution < -0.4 is 0 Å². The Morgan fingerprint density at radius 1 is 1.30 bits per heavy atom. The summed E-state index contributed by atoms with van der Waals surface area (Å²) in [6, 6.07) is 0. The molecule has 2 aromatic heterocycles. The van der Waals surface area contributed by atoms with Crippen molar-refractivity contribution in [2.75, 3.05) is 19.7 Å². The third-order valence-electron chi connectivity index (χ3n) is 3.89. The second kappa shape index (κ2) is 6.67. The summed E-state index contributed by atoms with van der Waals surface area (Å²) >= 11 is 1.68. The summed E-state index contributed by atoms with van der Waals surface area (Å²) < 4.78 is 11.5. The van der Waals surface area contributed by atoms with Crippen LogP contribution in [-0.2, 0) is 23.1 Å². The van der Waals surface area contributed by atoms with Crippen LogP contribution in [0, 0.1) is 0 Å². The van der Waals surface area contributed by atoms with Crippen LogP contribution in [0.15, 0.2) is 9.80 Å². The molecule has 3 rings (SSSR count). The van der Waals surface area contributed by atoms with Gasteiger partial charge in [-0.2, -0.15) is 0 Å². The van der Waals surface area contributed by atoms with Crippen molar-refractivity contribution in [2.24, 2.45) is 0 Å². The van der Waals surface area contributed by atoms with E-state index in [0.717, 1.165) is 30.2 Å². The Bertz CT molecular complexity index is 647. The lowest BCUT2D eigenvalue weighted by atomic mass is 9.93. The van der Waals surface area contributed by atoms with E-state index in [1.54, 1.807) is 11.3 Å². The highest BCUT2D eigenvalue weighted by atomic mass is 32.1. The molecule has 23 heavy (non-hydrogen) atoms. The van der Waals surface area contributed by atoms with E-state index >= 15 is 0 Å². The largest absolute Gasteiger partial charge is 0.424 e.